The van der Waals surface area contributed by atoms with Crippen LogP contribution in [-0.2, 0) is 6.42 Å². The Morgan fingerprint density at radius 1 is 1.88 bits per heavy atom. The van der Waals surface area contributed by atoms with Crippen molar-refractivity contribution in [2.75, 3.05) is 0 Å². The quantitative estimate of drug-likeness (QED) is 0.590. The predicted octanol–water partition coefficient (Wildman–Crippen LogP) is 1.91. The van der Waals surface area contributed by atoms with Crippen molar-refractivity contribution in [1.29, 1.82) is 0 Å². The molecule has 0 atom stereocenters. The molecule has 2 heteroatoms. The second-order valence-electron chi connectivity index (χ2n) is 1.59. The summed E-state index contributed by atoms with van der Waals surface area (Å²) in [6.45, 7) is 2.04. The largest absolute Gasteiger partial charge is 0.250 e. The molecule has 0 aliphatic heterocycles. The van der Waals surface area contributed by atoms with Crippen LogP contribution < -0.4 is 0 Å². The molecule has 0 aromatic carbocycles. The molecule has 0 aliphatic carbocycles. The third-order valence-electron chi connectivity index (χ3n) is 0.897. The van der Waals surface area contributed by atoms with Gasteiger partial charge in [-0.25, -0.2) is 4.98 Å². The number of hydrogen-bond donors (Lipinski definition) is 0. The lowest BCUT2D eigenvalue weighted by molar-refractivity contribution is 1.07. The van der Waals surface area contributed by atoms with E-state index in [0.717, 1.165) is 6.42 Å². The van der Waals surface area contributed by atoms with Gasteiger partial charge in [-0.3, -0.25) is 0 Å². The maximum atomic E-state index is 4.09. The van der Waals surface area contributed by atoms with Crippen molar-refractivity contribution in [3.63, 3.8) is 0 Å². The Labute approximate surface area is 53.4 Å². The van der Waals surface area contributed by atoms with Gasteiger partial charge in [-0.05, 0) is 12.8 Å². The maximum absolute atomic E-state index is 4.09. The van der Waals surface area contributed by atoms with E-state index in [1.54, 1.807) is 11.3 Å². The topological polar surface area (TPSA) is 12.9 Å². The molecule has 1 aromatic heterocycles. The number of aromatic nitrogens is 1. The van der Waals surface area contributed by atoms with Crippen LogP contribution in [0.5, 0.6) is 0 Å². The van der Waals surface area contributed by atoms with E-state index in [-0.39, 0.29) is 0 Å². The first kappa shape index (κ1) is 5.76. The monoisotopic (exact) mass is 126 g/mol. The van der Waals surface area contributed by atoms with Crippen LogP contribution in [0.3, 0.4) is 0 Å². The molecule has 8 heavy (non-hydrogen) atoms. The molecular formula is C6H8NS. The van der Waals surface area contributed by atoms with Crippen molar-refractivity contribution in [1.82, 2.24) is 4.98 Å². The summed E-state index contributed by atoms with van der Waals surface area (Å²) in [5, 5.41) is 2.07. The predicted molar refractivity (Wildman–Crippen MR) is 35.8 cm³/mol. The van der Waals surface area contributed by atoms with Crippen LogP contribution in [-0.4, -0.2) is 4.98 Å². The molecule has 0 fully saturated rings. The van der Waals surface area contributed by atoms with E-state index in [1.807, 2.05) is 12.4 Å². The molecule has 43 valence electrons. The van der Waals surface area contributed by atoms with Crippen LogP contribution >= 0.6 is 11.3 Å². The third-order valence-corrected chi connectivity index (χ3v) is 1.53. The highest BCUT2D eigenvalue weighted by molar-refractivity contribution is 7.07. The Bertz CT molecular complexity index is 134. The van der Waals surface area contributed by atoms with Crippen LogP contribution in [0.1, 0.15) is 12.6 Å². The summed E-state index contributed by atoms with van der Waals surface area (Å²) < 4.78 is 0. The number of nitrogens with zero attached hydrogens (tertiary/aromatic N) is 1. The Morgan fingerprint density at radius 2 is 2.75 bits per heavy atom. The first-order chi connectivity index (χ1) is 3.93. The molecule has 1 heterocycles. The molecule has 0 saturated carbocycles. The molecule has 1 radical (unpaired) electrons. The molecule has 0 amide bonds. The summed E-state index contributed by atoms with van der Waals surface area (Å²) in [6, 6.07) is 0. The molecule has 1 aromatic rings. The zero-order valence-electron chi connectivity index (χ0n) is 4.79. The fourth-order valence-electron chi connectivity index (χ4n) is 0.547. The lowest BCUT2D eigenvalue weighted by Crippen LogP contribution is -1.79. The Kier molecular flexibility index (Phi) is 2.03. The van der Waals surface area contributed by atoms with E-state index < -0.39 is 0 Å². The van der Waals surface area contributed by atoms with Crippen LogP contribution in [0.25, 0.3) is 0 Å². The highest BCUT2D eigenvalue weighted by Gasteiger charge is 1.88. The minimum absolute atomic E-state index is 1.00. The summed E-state index contributed by atoms with van der Waals surface area (Å²) in [5.74, 6) is 0. The van der Waals surface area contributed by atoms with Crippen molar-refractivity contribution in [3.05, 3.63) is 23.0 Å². The van der Waals surface area contributed by atoms with Gasteiger partial charge in [0.25, 0.3) is 0 Å². The highest BCUT2D eigenvalue weighted by Crippen LogP contribution is 2.01. The second kappa shape index (κ2) is 2.82. The van der Waals surface area contributed by atoms with Crippen molar-refractivity contribution >= 4 is 11.3 Å². The van der Waals surface area contributed by atoms with E-state index in [4.69, 9.17) is 0 Å². The average Bonchev–Trinajstić information content (AvgIpc) is 2.19. The minimum Gasteiger partial charge on any atom is -0.250 e. The molecule has 0 N–H and O–H groups in total. The number of hydrogen-bond acceptors (Lipinski definition) is 2. The van der Waals surface area contributed by atoms with Gasteiger partial charge in [0, 0.05) is 5.38 Å². The summed E-state index contributed by atoms with van der Waals surface area (Å²) in [6.07, 6.45) is 3.11. The highest BCUT2D eigenvalue weighted by atomic mass is 32.1. The van der Waals surface area contributed by atoms with Gasteiger partial charge >= 0.3 is 0 Å². The zero-order chi connectivity index (χ0) is 5.82. The van der Waals surface area contributed by atoms with E-state index in [0.29, 0.717) is 0 Å². The normalized spacial score (nSPS) is 9.62. The molecule has 0 bridgehead atoms. The Hall–Kier alpha value is -0.370. The Morgan fingerprint density at radius 3 is 3.25 bits per heavy atom. The van der Waals surface area contributed by atoms with E-state index in [1.165, 1.54) is 5.69 Å². The van der Waals surface area contributed by atoms with Crippen molar-refractivity contribution in [3.8, 4) is 0 Å². The van der Waals surface area contributed by atoms with Gasteiger partial charge in [-0.2, -0.15) is 0 Å². The molecule has 1 rings (SSSR count). The lowest BCUT2D eigenvalue weighted by atomic mass is 10.3. The maximum Gasteiger partial charge on any atom is 0.0794 e. The summed E-state index contributed by atoms with van der Waals surface area (Å²) in [7, 11) is 0. The SMILES string of the molecule is C[CH]Cc1cscn1. The van der Waals surface area contributed by atoms with Gasteiger partial charge in [0.2, 0.25) is 0 Å². The summed E-state index contributed by atoms with van der Waals surface area (Å²) in [4.78, 5) is 4.09. The minimum atomic E-state index is 1.00. The second-order valence-corrected chi connectivity index (χ2v) is 2.31. The van der Waals surface area contributed by atoms with Crippen LogP contribution in [0.4, 0.5) is 0 Å². The molecular weight excluding hydrogens is 118 g/mol. The first-order valence-electron chi connectivity index (χ1n) is 2.58. The fourth-order valence-corrected chi connectivity index (χ4v) is 1.12. The molecule has 0 unspecified atom stereocenters. The van der Waals surface area contributed by atoms with Crippen LogP contribution in [0.2, 0.25) is 0 Å². The van der Waals surface area contributed by atoms with Gasteiger partial charge < -0.3 is 0 Å². The average molecular weight is 126 g/mol. The van der Waals surface area contributed by atoms with Gasteiger partial charge in [0.05, 0.1) is 11.2 Å². The smallest absolute Gasteiger partial charge is 0.0794 e. The Balaban J connectivity index is 2.50. The van der Waals surface area contributed by atoms with E-state index in [2.05, 4.69) is 16.8 Å². The third kappa shape index (κ3) is 1.30. The van der Waals surface area contributed by atoms with E-state index >= 15 is 0 Å². The van der Waals surface area contributed by atoms with E-state index in [9.17, 15) is 0 Å². The zero-order valence-corrected chi connectivity index (χ0v) is 5.61. The lowest BCUT2D eigenvalue weighted by Gasteiger charge is -1.84. The van der Waals surface area contributed by atoms with Gasteiger partial charge in [0.15, 0.2) is 0 Å². The first-order valence-corrected chi connectivity index (χ1v) is 3.52. The van der Waals surface area contributed by atoms with Gasteiger partial charge in [-0.1, -0.05) is 6.92 Å². The number of thiazole rings is 1. The van der Waals surface area contributed by atoms with Crippen molar-refractivity contribution in [2.24, 2.45) is 0 Å². The molecule has 0 aliphatic rings. The fraction of sp³-hybridized carbons (Fsp3) is 0.333. The molecule has 1 nitrogen and oxygen atoms in total. The van der Waals surface area contributed by atoms with Crippen molar-refractivity contribution < 1.29 is 0 Å². The molecule has 0 saturated heterocycles. The number of rotatable bonds is 2. The van der Waals surface area contributed by atoms with Crippen LogP contribution in [0.15, 0.2) is 10.9 Å². The summed E-state index contributed by atoms with van der Waals surface area (Å²) >= 11 is 1.65. The van der Waals surface area contributed by atoms with Crippen LogP contribution in [0, 0.1) is 6.42 Å². The van der Waals surface area contributed by atoms with Gasteiger partial charge in [-0.15, -0.1) is 11.3 Å². The van der Waals surface area contributed by atoms with Gasteiger partial charge in [0.1, 0.15) is 0 Å². The van der Waals surface area contributed by atoms with Crippen molar-refractivity contribution in [2.45, 2.75) is 13.3 Å². The summed E-state index contributed by atoms with van der Waals surface area (Å²) in [5.41, 5.74) is 3.04. The standard InChI is InChI=1S/C6H8NS/c1-2-3-6-4-8-5-7-6/h2,4-5H,3H2,1H3. The molecule has 0 spiro atoms.